The lowest BCUT2D eigenvalue weighted by Gasteiger charge is -2.05. The third-order valence-corrected chi connectivity index (χ3v) is 4.12. The van der Waals surface area contributed by atoms with Crippen molar-refractivity contribution in [2.75, 3.05) is 6.54 Å². The van der Waals surface area contributed by atoms with Crippen molar-refractivity contribution in [2.24, 2.45) is 0 Å². The Bertz CT molecular complexity index is 779. The first-order valence-electron chi connectivity index (χ1n) is 7.18. The van der Waals surface area contributed by atoms with Gasteiger partial charge in [0.1, 0.15) is 5.52 Å². The van der Waals surface area contributed by atoms with Crippen LogP contribution in [0.25, 0.3) is 11.0 Å². The van der Waals surface area contributed by atoms with Gasteiger partial charge in [0, 0.05) is 18.5 Å². The second-order valence-corrected chi connectivity index (χ2v) is 6.10. The summed E-state index contributed by atoms with van der Waals surface area (Å²) in [6, 6.07) is 7.86. The zero-order valence-electron chi connectivity index (χ0n) is 12.3. The van der Waals surface area contributed by atoms with E-state index in [9.17, 15) is 4.79 Å². The first kappa shape index (κ1) is 14.6. The Morgan fingerprint density at radius 3 is 3.05 bits per heavy atom. The predicted octanol–water partition coefficient (Wildman–Crippen LogP) is 1.95. The Balaban J connectivity index is 1.44. The van der Waals surface area contributed by atoms with Gasteiger partial charge in [0.25, 0.3) is 0 Å². The van der Waals surface area contributed by atoms with Crippen molar-refractivity contribution in [3.05, 3.63) is 40.3 Å². The molecule has 0 atom stereocenters. The quantitative estimate of drug-likeness (QED) is 0.706. The highest BCUT2D eigenvalue weighted by molar-refractivity contribution is 7.09. The average molecular weight is 315 g/mol. The highest BCUT2D eigenvalue weighted by Crippen LogP contribution is 2.10. The Kier molecular flexibility index (Phi) is 4.43. The maximum Gasteiger partial charge on any atom is 0.226 e. The number of aromatic nitrogens is 4. The zero-order valence-corrected chi connectivity index (χ0v) is 13.1. The Labute approximate surface area is 132 Å². The molecular weight excluding hydrogens is 298 g/mol. The average Bonchev–Trinajstić information content (AvgIpc) is 3.10. The summed E-state index contributed by atoms with van der Waals surface area (Å²) in [7, 11) is 0. The summed E-state index contributed by atoms with van der Waals surface area (Å²) in [6.07, 6.45) is 1.16. The van der Waals surface area contributed by atoms with Crippen LogP contribution in [0, 0.1) is 6.92 Å². The second-order valence-electron chi connectivity index (χ2n) is 5.04. The molecule has 22 heavy (non-hydrogen) atoms. The fourth-order valence-electron chi connectivity index (χ4n) is 2.26. The summed E-state index contributed by atoms with van der Waals surface area (Å²) >= 11 is 1.56. The Morgan fingerprint density at radius 2 is 2.23 bits per heavy atom. The number of para-hydroxylation sites is 1. The molecule has 3 aromatic rings. The van der Waals surface area contributed by atoms with Gasteiger partial charge in [-0.2, -0.15) is 0 Å². The van der Waals surface area contributed by atoms with Crippen LogP contribution in [0.3, 0.4) is 0 Å². The molecule has 0 aliphatic rings. The molecule has 0 saturated carbocycles. The van der Waals surface area contributed by atoms with Crippen LogP contribution in [0.1, 0.15) is 17.1 Å². The minimum absolute atomic E-state index is 0.00810. The number of nitrogens with zero attached hydrogens (tertiary/aromatic N) is 4. The van der Waals surface area contributed by atoms with E-state index >= 15 is 0 Å². The number of rotatable bonds is 6. The second kappa shape index (κ2) is 6.65. The van der Waals surface area contributed by atoms with Crippen molar-refractivity contribution in [1.82, 2.24) is 25.3 Å². The molecule has 2 heterocycles. The molecule has 0 aliphatic carbocycles. The van der Waals surface area contributed by atoms with Crippen molar-refractivity contribution in [3.63, 3.8) is 0 Å². The van der Waals surface area contributed by atoms with E-state index in [1.165, 1.54) is 0 Å². The number of hydrogen-bond donors (Lipinski definition) is 1. The van der Waals surface area contributed by atoms with E-state index in [2.05, 4.69) is 20.6 Å². The molecule has 0 unspecified atom stereocenters. The van der Waals surface area contributed by atoms with Crippen LogP contribution in [-0.2, 0) is 17.8 Å². The molecule has 0 spiro atoms. The van der Waals surface area contributed by atoms with E-state index in [4.69, 9.17) is 0 Å². The van der Waals surface area contributed by atoms with Crippen LogP contribution in [0.4, 0.5) is 0 Å². The lowest BCUT2D eigenvalue weighted by molar-refractivity contribution is -0.120. The summed E-state index contributed by atoms with van der Waals surface area (Å²) in [4.78, 5) is 16.1. The van der Waals surface area contributed by atoms with Gasteiger partial charge >= 0.3 is 0 Å². The fourth-order valence-corrected chi connectivity index (χ4v) is 2.87. The van der Waals surface area contributed by atoms with E-state index in [1.807, 2.05) is 41.3 Å². The number of carbonyl (C=O) groups is 1. The first-order valence-corrected chi connectivity index (χ1v) is 8.06. The van der Waals surface area contributed by atoms with Crippen molar-refractivity contribution in [3.8, 4) is 0 Å². The van der Waals surface area contributed by atoms with Gasteiger partial charge in [-0.3, -0.25) is 4.79 Å². The van der Waals surface area contributed by atoms with Gasteiger partial charge in [-0.25, -0.2) is 9.67 Å². The molecule has 0 radical (unpaired) electrons. The van der Waals surface area contributed by atoms with Crippen LogP contribution in [0.5, 0.6) is 0 Å². The lowest BCUT2D eigenvalue weighted by atomic mass is 10.3. The van der Waals surface area contributed by atoms with E-state index in [0.29, 0.717) is 13.0 Å². The molecule has 6 nitrogen and oxygen atoms in total. The zero-order chi connectivity index (χ0) is 15.4. The van der Waals surface area contributed by atoms with Gasteiger partial charge in [0.15, 0.2) is 0 Å². The van der Waals surface area contributed by atoms with E-state index in [0.717, 1.165) is 34.7 Å². The summed E-state index contributed by atoms with van der Waals surface area (Å²) in [5.74, 6) is 0.00810. The molecular formula is C15H17N5OS. The largest absolute Gasteiger partial charge is 0.356 e. The van der Waals surface area contributed by atoms with Crippen LogP contribution in [0.15, 0.2) is 29.6 Å². The number of aryl methyl sites for hydroxylation is 2. The number of hydrogen-bond acceptors (Lipinski definition) is 5. The Morgan fingerprint density at radius 1 is 1.36 bits per heavy atom. The first-order chi connectivity index (χ1) is 10.7. The third-order valence-electron chi connectivity index (χ3n) is 3.30. The van der Waals surface area contributed by atoms with E-state index in [-0.39, 0.29) is 5.91 Å². The summed E-state index contributed by atoms with van der Waals surface area (Å²) in [5.41, 5.74) is 2.75. The molecule has 2 aromatic heterocycles. The van der Waals surface area contributed by atoms with Gasteiger partial charge in [-0.15, -0.1) is 16.4 Å². The van der Waals surface area contributed by atoms with Gasteiger partial charge < -0.3 is 5.32 Å². The topological polar surface area (TPSA) is 72.7 Å². The SMILES string of the molecule is Cc1nc(CC(=O)NCCCn2nnc3ccccc32)cs1. The number of amides is 1. The van der Waals surface area contributed by atoms with E-state index < -0.39 is 0 Å². The molecule has 1 aromatic carbocycles. The molecule has 3 rings (SSSR count). The number of nitrogens with one attached hydrogen (secondary N) is 1. The van der Waals surface area contributed by atoms with Crippen molar-refractivity contribution < 1.29 is 4.79 Å². The van der Waals surface area contributed by atoms with Crippen molar-refractivity contribution in [1.29, 1.82) is 0 Å². The monoisotopic (exact) mass is 315 g/mol. The molecule has 0 saturated heterocycles. The standard InChI is InChI=1S/C15H17N5OS/c1-11-17-12(10-22-11)9-15(21)16-7-4-8-20-14-6-3-2-5-13(14)18-19-20/h2-3,5-6,10H,4,7-9H2,1H3,(H,16,21). The molecule has 0 aliphatic heterocycles. The maximum atomic E-state index is 11.8. The van der Waals surface area contributed by atoms with Crippen LogP contribution < -0.4 is 5.32 Å². The van der Waals surface area contributed by atoms with Crippen LogP contribution in [-0.4, -0.2) is 32.4 Å². The number of carbonyl (C=O) groups excluding carboxylic acids is 1. The lowest BCUT2D eigenvalue weighted by Crippen LogP contribution is -2.27. The molecule has 0 fully saturated rings. The summed E-state index contributed by atoms with van der Waals surface area (Å²) < 4.78 is 1.87. The predicted molar refractivity (Wildman–Crippen MR) is 85.7 cm³/mol. The minimum Gasteiger partial charge on any atom is -0.356 e. The van der Waals surface area contributed by atoms with Gasteiger partial charge in [-0.1, -0.05) is 17.3 Å². The van der Waals surface area contributed by atoms with Crippen LogP contribution >= 0.6 is 11.3 Å². The molecule has 1 N–H and O–H groups in total. The molecule has 1 amide bonds. The maximum absolute atomic E-state index is 11.8. The van der Waals surface area contributed by atoms with Gasteiger partial charge in [0.2, 0.25) is 5.91 Å². The highest BCUT2D eigenvalue weighted by atomic mass is 32.1. The third kappa shape index (κ3) is 3.48. The van der Waals surface area contributed by atoms with Gasteiger partial charge in [-0.05, 0) is 25.5 Å². The van der Waals surface area contributed by atoms with Gasteiger partial charge in [0.05, 0.1) is 22.6 Å². The van der Waals surface area contributed by atoms with Crippen molar-refractivity contribution in [2.45, 2.75) is 26.3 Å². The molecule has 114 valence electrons. The summed E-state index contributed by atoms with van der Waals surface area (Å²) in [6.45, 7) is 3.29. The summed E-state index contributed by atoms with van der Waals surface area (Å²) in [5, 5.41) is 14.1. The fraction of sp³-hybridized carbons (Fsp3) is 0.333. The normalized spacial score (nSPS) is 11.0. The smallest absolute Gasteiger partial charge is 0.226 e. The Hall–Kier alpha value is -2.28. The number of fused-ring (bicyclic) bond motifs is 1. The molecule has 0 bridgehead atoms. The number of thiazole rings is 1. The number of benzene rings is 1. The molecule has 7 heteroatoms. The van der Waals surface area contributed by atoms with Crippen molar-refractivity contribution >= 4 is 28.3 Å². The highest BCUT2D eigenvalue weighted by Gasteiger charge is 2.06. The minimum atomic E-state index is 0.00810. The van der Waals surface area contributed by atoms with Crippen LogP contribution in [0.2, 0.25) is 0 Å². The van der Waals surface area contributed by atoms with E-state index in [1.54, 1.807) is 11.3 Å².